The van der Waals surface area contributed by atoms with E-state index in [2.05, 4.69) is 49.2 Å². The van der Waals surface area contributed by atoms with Gasteiger partial charge in [0.2, 0.25) is 17.7 Å². The van der Waals surface area contributed by atoms with Gasteiger partial charge in [-0.25, -0.2) is 4.79 Å². The summed E-state index contributed by atoms with van der Waals surface area (Å²) in [5, 5.41) is 22.0. The minimum absolute atomic E-state index is 0. The van der Waals surface area contributed by atoms with Gasteiger partial charge < -0.3 is 99.9 Å². The van der Waals surface area contributed by atoms with E-state index in [1.54, 1.807) is 42.5 Å². The van der Waals surface area contributed by atoms with Crippen molar-refractivity contribution in [2.24, 2.45) is 5.41 Å². The van der Waals surface area contributed by atoms with Crippen molar-refractivity contribution in [1.29, 1.82) is 0 Å². The zero-order valence-electron chi connectivity index (χ0n) is 71.9. The predicted molar refractivity (Wildman–Crippen MR) is 458 cm³/mol. The second-order valence-electron chi connectivity index (χ2n) is 31.6. The van der Waals surface area contributed by atoms with E-state index in [1.807, 2.05) is 0 Å². The molecule has 666 valence electrons. The summed E-state index contributed by atoms with van der Waals surface area (Å²) < 4.78 is 64.1. The van der Waals surface area contributed by atoms with Crippen LogP contribution in [-0.2, 0) is 77.7 Å². The van der Waals surface area contributed by atoms with Gasteiger partial charge in [-0.15, -0.1) is 0 Å². The molecule has 1 aliphatic carbocycles. The molecule has 1 fully saturated rings. The van der Waals surface area contributed by atoms with Gasteiger partial charge in [-0.1, -0.05) is 261 Å². The lowest BCUT2D eigenvalue weighted by Gasteiger charge is -2.33. The Bertz CT molecular complexity index is 2630. The number of likely N-dealkylation sites (N-methyl/N-ethyl adjacent to an activating group) is 1. The van der Waals surface area contributed by atoms with Crippen LogP contribution in [0.5, 0.6) is 0 Å². The van der Waals surface area contributed by atoms with Gasteiger partial charge in [-0.2, -0.15) is 0 Å². The molecule has 0 saturated heterocycles. The molecule has 3 rings (SSSR count). The molecular weight excluding hydrogens is 1570 g/mol. The van der Waals surface area contributed by atoms with Gasteiger partial charge in [0.1, 0.15) is 18.7 Å². The number of amides is 4. The van der Waals surface area contributed by atoms with E-state index in [1.165, 1.54) is 193 Å². The van der Waals surface area contributed by atoms with Crippen LogP contribution in [0.3, 0.4) is 0 Å². The van der Waals surface area contributed by atoms with Crippen LogP contribution < -0.4 is 38.2 Å². The van der Waals surface area contributed by atoms with E-state index in [4.69, 9.17) is 75.3 Å². The Hall–Kier alpha value is -3.63. The number of rotatable bonds is 83. The molecule has 2 atom stereocenters. The number of anilines is 1. The number of benzene rings is 2. The molecule has 0 aromatic heterocycles. The van der Waals surface area contributed by atoms with Crippen LogP contribution in [0.1, 0.15) is 287 Å². The molecule has 1 saturated carbocycles. The molecule has 0 bridgehead atoms. The van der Waals surface area contributed by atoms with Crippen LogP contribution in [-0.4, -0.2) is 230 Å². The fraction of sp³-hybridized carbons (Fsp3) is 0.811. The normalized spacial score (nSPS) is 13.2. The number of carboxylic acids is 1. The number of hydrogen-bond donors (Lipinski definition) is 5. The lowest BCUT2D eigenvalue weighted by molar-refractivity contribution is -0.893. The van der Waals surface area contributed by atoms with Crippen LogP contribution in [0, 0.1) is 5.41 Å². The number of unbranched alkanes of at least 4 members (excludes halogenated alkanes) is 30. The molecule has 2 aromatic carbocycles. The third kappa shape index (κ3) is 60.5. The van der Waals surface area contributed by atoms with Gasteiger partial charge in [0.15, 0.2) is 0 Å². The fourth-order valence-corrected chi connectivity index (χ4v) is 14.8. The summed E-state index contributed by atoms with van der Waals surface area (Å²) in [6, 6.07) is 10.3. The van der Waals surface area contributed by atoms with E-state index in [9.17, 15) is 29.1 Å². The lowest BCUT2D eigenvalue weighted by Crippen LogP contribution is -3.00. The first kappa shape index (κ1) is 107. The molecule has 22 nitrogen and oxygen atoms in total. The summed E-state index contributed by atoms with van der Waals surface area (Å²) in [6.45, 7) is 16.8. The summed E-state index contributed by atoms with van der Waals surface area (Å²) in [5.74, 6) is -2.19. The van der Waals surface area contributed by atoms with E-state index in [0.717, 1.165) is 62.9 Å². The topological polar surface area (TPSA) is 255 Å². The fourth-order valence-electron chi connectivity index (χ4n) is 14.2. The Morgan fingerprint density at radius 2 is 0.800 bits per heavy atom. The molecule has 1 aliphatic rings. The minimum atomic E-state index is -1.18. The molecule has 0 spiro atoms. The van der Waals surface area contributed by atoms with Crippen LogP contribution in [0.25, 0.3) is 0 Å². The molecule has 4 amide bonds. The first-order chi connectivity index (χ1) is 55.7. The quantitative estimate of drug-likeness (QED) is 0.0305. The number of carboxylic acid groups (broad SMARTS) is 1. The van der Waals surface area contributed by atoms with Crippen molar-refractivity contribution in [3.63, 3.8) is 0 Å². The highest BCUT2D eigenvalue weighted by Crippen LogP contribution is 2.41. The van der Waals surface area contributed by atoms with Crippen molar-refractivity contribution >= 4 is 58.5 Å². The molecule has 115 heavy (non-hydrogen) atoms. The Morgan fingerprint density at radius 1 is 0.443 bits per heavy atom. The van der Waals surface area contributed by atoms with E-state index in [-0.39, 0.29) is 82.4 Å². The number of nitrogens with zero attached hydrogens (tertiary/aromatic N) is 1. The molecule has 2 aromatic rings. The number of nitrogens with one attached hydrogen (secondary N) is 4. The summed E-state index contributed by atoms with van der Waals surface area (Å²) in [6.07, 6.45) is 48.3. The zero-order valence-corrected chi connectivity index (χ0v) is 75.0. The molecule has 0 heterocycles. The van der Waals surface area contributed by atoms with Gasteiger partial charge in [0, 0.05) is 57.7 Å². The van der Waals surface area contributed by atoms with Crippen molar-refractivity contribution in [3.8, 4) is 0 Å². The van der Waals surface area contributed by atoms with Crippen LogP contribution in [0.2, 0.25) is 10.0 Å². The maximum absolute atomic E-state index is 13.7. The van der Waals surface area contributed by atoms with E-state index >= 15 is 0 Å². The monoisotopic (exact) mass is 1730 g/mol. The average molecular weight is 1730 g/mol. The Morgan fingerprint density at radius 3 is 1.18 bits per heavy atom. The Balaban J connectivity index is 0.0000449. The SMILES string of the molecule is CCCCCCCCCCCCCCCCCCOCC(C[N+](C)(C)CCCNC(=O)CCOCCOCCOCCOCCOCCOCCOCCOCCOCCC(=O)NCCC1(C(=O)N[C@@H](Cc2ccc(NC(=O)c3c(Cl)cccc3Cl)cc2)C(=O)O)CCCC1)OCCCCCCCCCCCCCCCCCC.[Br-]. The van der Waals surface area contributed by atoms with E-state index in [0.29, 0.717) is 162 Å². The lowest BCUT2D eigenvalue weighted by atomic mass is 9.81. The van der Waals surface area contributed by atoms with Crippen LogP contribution in [0.4, 0.5) is 5.69 Å². The molecule has 1 unspecified atom stereocenters. The maximum atomic E-state index is 13.7. The highest BCUT2D eigenvalue weighted by atomic mass is 79.9. The van der Waals surface area contributed by atoms with Crippen molar-refractivity contribution in [3.05, 3.63) is 63.6 Å². The molecule has 0 radical (unpaired) electrons. The molecule has 25 heteroatoms. The number of halogens is 3. The number of carbonyl (C=O) groups excluding carboxylic acids is 4. The smallest absolute Gasteiger partial charge is 0.326 e. The van der Waals surface area contributed by atoms with Gasteiger partial charge >= 0.3 is 5.97 Å². The summed E-state index contributed by atoms with van der Waals surface area (Å²) in [7, 11) is 4.54. The minimum Gasteiger partial charge on any atom is -1.00 e. The van der Waals surface area contributed by atoms with Crippen LogP contribution in [0.15, 0.2) is 42.5 Å². The van der Waals surface area contributed by atoms with Gasteiger partial charge in [0.25, 0.3) is 5.91 Å². The third-order valence-electron chi connectivity index (χ3n) is 21.1. The largest absolute Gasteiger partial charge is 1.00 e. The van der Waals surface area contributed by atoms with E-state index < -0.39 is 23.3 Å². The third-order valence-corrected chi connectivity index (χ3v) is 21.7. The zero-order chi connectivity index (χ0) is 82.2. The number of ether oxygens (including phenoxy) is 11. The standard InChI is InChI=1S/C90H157Cl2N5O17.BrH/c1-5-7-9-11-13-15-17-19-21-23-25-27-29-31-33-37-55-113-77-80(114-56-38-34-32-30-28-26-24-22-20-18-16-14-12-10-8-6-2)76-97(3,4)54-40-52-93-84(98)47-57-104-59-61-106-63-65-108-67-69-110-71-73-112-74-72-111-70-68-109-66-64-107-62-60-105-58-48-85(99)94-53-51-90(49-35-36-50-90)89(103)96-83(88(101)102)75-78-43-45-79(46-44-78)95-87(100)86-81(91)41-39-42-82(86)92;/h39,41-46,80,83H,5-38,40,47-77H2,1-4H3,(H4-,93,94,95,96,98,99,100,101,102,103);1H/t80?,83-;/m0./s1. The first-order valence-electron chi connectivity index (χ1n) is 44.8. The highest BCUT2D eigenvalue weighted by molar-refractivity contribution is 6.40. The van der Waals surface area contributed by atoms with Gasteiger partial charge in [-0.05, 0) is 61.9 Å². The van der Waals surface area contributed by atoms with Crippen molar-refractivity contribution in [2.45, 2.75) is 289 Å². The predicted octanol–water partition coefficient (Wildman–Crippen LogP) is 14.9. The summed E-state index contributed by atoms with van der Waals surface area (Å²) >= 11 is 12.4. The maximum Gasteiger partial charge on any atom is 0.326 e. The van der Waals surface area contributed by atoms with Crippen molar-refractivity contribution in [2.75, 3.05) is 184 Å². The number of aliphatic carboxylic acids is 1. The summed E-state index contributed by atoms with van der Waals surface area (Å²) in [4.78, 5) is 64.1. The Kier molecular flexibility index (Phi) is 70.4. The number of quaternary nitrogens is 1. The number of carbonyl (C=O) groups is 5. The highest BCUT2D eigenvalue weighted by Gasteiger charge is 2.42. The molecule has 5 N–H and O–H groups in total. The van der Waals surface area contributed by atoms with Gasteiger partial charge in [0.05, 0.1) is 167 Å². The van der Waals surface area contributed by atoms with Crippen molar-refractivity contribution in [1.82, 2.24) is 16.0 Å². The summed E-state index contributed by atoms with van der Waals surface area (Å²) in [5.41, 5.74) is 0.468. The Labute approximate surface area is 715 Å². The second-order valence-corrected chi connectivity index (χ2v) is 32.4. The van der Waals surface area contributed by atoms with Gasteiger partial charge in [-0.3, -0.25) is 19.2 Å². The number of hydrogen-bond acceptors (Lipinski definition) is 16. The molecule has 0 aliphatic heterocycles. The first-order valence-corrected chi connectivity index (χ1v) is 45.6. The average Bonchev–Trinajstić information content (AvgIpc) is 1.77. The van der Waals surface area contributed by atoms with Crippen molar-refractivity contribution < 1.29 is 103 Å². The van der Waals surface area contributed by atoms with Crippen LogP contribution >= 0.6 is 23.2 Å². The second kappa shape index (κ2) is 75.3. The molecular formula is C90H158BrCl2N5O17.